The van der Waals surface area contributed by atoms with Gasteiger partial charge in [-0.25, -0.2) is 9.37 Å². The SMILES string of the molecule is Cc1nccn1-c1nc(CCCC(=O)O)c(-c2ccc(F)c3ccccc23)o1. The monoisotopic (exact) mass is 379 g/mol. The van der Waals surface area contributed by atoms with Crippen molar-refractivity contribution in [3.8, 4) is 17.3 Å². The zero-order valence-corrected chi connectivity index (χ0v) is 15.2. The van der Waals surface area contributed by atoms with Crippen molar-refractivity contribution in [2.75, 3.05) is 0 Å². The Balaban J connectivity index is 1.85. The van der Waals surface area contributed by atoms with E-state index in [2.05, 4.69) is 9.97 Å². The second kappa shape index (κ2) is 7.26. The lowest BCUT2D eigenvalue weighted by molar-refractivity contribution is -0.137. The van der Waals surface area contributed by atoms with E-state index in [9.17, 15) is 9.18 Å². The molecule has 0 spiro atoms. The van der Waals surface area contributed by atoms with Crippen LogP contribution in [0.1, 0.15) is 24.4 Å². The van der Waals surface area contributed by atoms with Crippen LogP contribution in [0.25, 0.3) is 28.1 Å². The molecule has 28 heavy (non-hydrogen) atoms. The average Bonchev–Trinajstić information content (AvgIpc) is 3.28. The Kier molecular flexibility index (Phi) is 4.65. The van der Waals surface area contributed by atoms with Crippen molar-refractivity contribution in [3.05, 3.63) is 66.1 Å². The third-order valence-electron chi connectivity index (χ3n) is 4.64. The topological polar surface area (TPSA) is 81.2 Å². The first-order chi connectivity index (χ1) is 13.5. The van der Waals surface area contributed by atoms with E-state index in [4.69, 9.17) is 9.52 Å². The molecule has 0 aliphatic carbocycles. The number of aliphatic carboxylic acids is 1. The number of aryl methyl sites for hydroxylation is 2. The molecular weight excluding hydrogens is 361 g/mol. The van der Waals surface area contributed by atoms with Crippen LogP contribution in [0.3, 0.4) is 0 Å². The van der Waals surface area contributed by atoms with Gasteiger partial charge in [0.1, 0.15) is 11.6 Å². The van der Waals surface area contributed by atoms with Gasteiger partial charge in [0.25, 0.3) is 0 Å². The smallest absolute Gasteiger partial charge is 0.307 e. The molecule has 0 unspecified atom stereocenters. The maximum atomic E-state index is 14.2. The highest BCUT2D eigenvalue weighted by Gasteiger charge is 2.20. The van der Waals surface area contributed by atoms with E-state index >= 15 is 0 Å². The first-order valence-electron chi connectivity index (χ1n) is 8.94. The fraction of sp³-hybridized carbons (Fsp3) is 0.190. The van der Waals surface area contributed by atoms with Crippen LogP contribution in [0.4, 0.5) is 4.39 Å². The van der Waals surface area contributed by atoms with Gasteiger partial charge >= 0.3 is 12.0 Å². The molecule has 0 radical (unpaired) electrons. The minimum absolute atomic E-state index is 0.0376. The highest BCUT2D eigenvalue weighted by atomic mass is 19.1. The number of aromatic nitrogens is 3. The fourth-order valence-corrected chi connectivity index (χ4v) is 3.27. The zero-order valence-electron chi connectivity index (χ0n) is 15.2. The lowest BCUT2D eigenvalue weighted by Crippen LogP contribution is -1.98. The third kappa shape index (κ3) is 3.26. The Morgan fingerprint density at radius 2 is 2.00 bits per heavy atom. The summed E-state index contributed by atoms with van der Waals surface area (Å²) in [5.74, 6) is 0.0680. The van der Waals surface area contributed by atoms with Crippen molar-refractivity contribution in [3.63, 3.8) is 0 Å². The van der Waals surface area contributed by atoms with Gasteiger partial charge in [0.15, 0.2) is 5.76 Å². The zero-order chi connectivity index (χ0) is 19.7. The maximum absolute atomic E-state index is 14.2. The van der Waals surface area contributed by atoms with Crippen LogP contribution in [0.5, 0.6) is 0 Å². The summed E-state index contributed by atoms with van der Waals surface area (Å²) >= 11 is 0. The molecular formula is C21H18FN3O3. The van der Waals surface area contributed by atoms with Crippen molar-refractivity contribution in [1.82, 2.24) is 14.5 Å². The molecule has 0 saturated carbocycles. The minimum Gasteiger partial charge on any atom is -0.481 e. The summed E-state index contributed by atoms with van der Waals surface area (Å²) in [5.41, 5.74) is 1.36. The van der Waals surface area contributed by atoms with Crippen LogP contribution < -0.4 is 0 Å². The van der Waals surface area contributed by atoms with Crippen LogP contribution in [-0.2, 0) is 11.2 Å². The Bertz CT molecular complexity index is 1160. The minimum atomic E-state index is -0.858. The normalized spacial score (nSPS) is 11.2. The second-order valence-corrected chi connectivity index (χ2v) is 6.50. The number of benzene rings is 2. The van der Waals surface area contributed by atoms with Crippen molar-refractivity contribution >= 4 is 16.7 Å². The summed E-state index contributed by atoms with van der Waals surface area (Å²) in [6, 6.07) is 10.6. The molecule has 2 heterocycles. The largest absolute Gasteiger partial charge is 0.481 e. The summed E-state index contributed by atoms with van der Waals surface area (Å²) in [6.45, 7) is 1.83. The molecule has 0 bridgehead atoms. The van der Waals surface area contributed by atoms with Crippen LogP contribution >= 0.6 is 0 Å². The Morgan fingerprint density at radius 1 is 1.21 bits per heavy atom. The molecule has 2 aromatic carbocycles. The lowest BCUT2D eigenvalue weighted by atomic mass is 10.00. The highest BCUT2D eigenvalue weighted by Crippen LogP contribution is 2.34. The summed E-state index contributed by atoms with van der Waals surface area (Å²) in [6.07, 6.45) is 4.29. The molecule has 142 valence electrons. The highest BCUT2D eigenvalue weighted by molar-refractivity contribution is 5.96. The van der Waals surface area contributed by atoms with Gasteiger partial charge in [-0.15, -0.1) is 0 Å². The number of halogens is 1. The third-order valence-corrected chi connectivity index (χ3v) is 4.64. The van der Waals surface area contributed by atoms with E-state index < -0.39 is 5.97 Å². The van der Waals surface area contributed by atoms with E-state index in [1.165, 1.54) is 6.07 Å². The quantitative estimate of drug-likeness (QED) is 0.532. The number of nitrogens with zero attached hydrogens (tertiary/aromatic N) is 3. The summed E-state index contributed by atoms with van der Waals surface area (Å²) in [7, 11) is 0. The molecule has 0 amide bonds. The molecule has 7 heteroatoms. The van der Waals surface area contributed by atoms with Gasteiger partial charge in [0.2, 0.25) is 0 Å². The average molecular weight is 379 g/mol. The Labute approximate surface area is 160 Å². The molecule has 0 aliphatic heterocycles. The van der Waals surface area contributed by atoms with Gasteiger partial charge < -0.3 is 9.52 Å². The summed E-state index contributed by atoms with van der Waals surface area (Å²) in [4.78, 5) is 19.7. The Hall–Kier alpha value is -3.48. The van der Waals surface area contributed by atoms with Crippen molar-refractivity contribution in [1.29, 1.82) is 0 Å². The van der Waals surface area contributed by atoms with Crippen LogP contribution in [0.15, 0.2) is 53.2 Å². The fourth-order valence-electron chi connectivity index (χ4n) is 3.27. The van der Waals surface area contributed by atoms with Crippen LogP contribution in [0, 0.1) is 12.7 Å². The van der Waals surface area contributed by atoms with Gasteiger partial charge in [-0.3, -0.25) is 9.36 Å². The van der Waals surface area contributed by atoms with Crippen molar-refractivity contribution in [2.24, 2.45) is 0 Å². The number of carbonyl (C=O) groups is 1. The second-order valence-electron chi connectivity index (χ2n) is 6.50. The number of imidazole rings is 1. The molecule has 0 saturated heterocycles. The molecule has 0 aliphatic rings. The number of fused-ring (bicyclic) bond motifs is 1. The van der Waals surface area contributed by atoms with Crippen LogP contribution in [0.2, 0.25) is 0 Å². The molecule has 1 N–H and O–H groups in total. The van der Waals surface area contributed by atoms with E-state index in [-0.39, 0.29) is 12.2 Å². The first-order valence-corrected chi connectivity index (χ1v) is 8.94. The predicted molar refractivity (Wildman–Crippen MR) is 102 cm³/mol. The predicted octanol–water partition coefficient (Wildman–Crippen LogP) is 4.54. The summed E-state index contributed by atoms with van der Waals surface area (Å²) in [5, 5.41) is 10.2. The van der Waals surface area contributed by atoms with E-state index in [1.807, 2.05) is 19.1 Å². The molecule has 0 fully saturated rings. The number of carboxylic acid groups (broad SMARTS) is 1. The van der Waals surface area contributed by atoms with Gasteiger partial charge in [-0.05, 0) is 37.3 Å². The van der Waals surface area contributed by atoms with Gasteiger partial charge in [-0.2, -0.15) is 4.98 Å². The van der Waals surface area contributed by atoms with E-state index in [0.29, 0.717) is 46.9 Å². The standard InChI is InChI=1S/C21H18FN3O3/c1-13-23-11-12-25(13)21-24-18(7-4-8-19(26)27)20(28-21)16-9-10-17(22)15-6-3-2-5-14(15)16/h2-3,5-6,9-12H,4,7-8H2,1H3,(H,26,27). The van der Waals surface area contributed by atoms with Gasteiger partial charge in [-0.1, -0.05) is 24.3 Å². The lowest BCUT2D eigenvalue weighted by Gasteiger charge is -2.06. The Morgan fingerprint density at radius 3 is 2.71 bits per heavy atom. The van der Waals surface area contributed by atoms with Crippen LogP contribution in [-0.4, -0.2) is 25.6 Å². The molecule has 0 atom stereocenters. The van der Waals surface area contributed by atoms with Gasteiger partial charge in [0, 0.05) is 29.8 Å². The number of hydrogen-bond donors (Lipinski definition) is 1. The molecule has 6 nitrogen and oxygen atoms in total. The van der Waals surface area contributed by atoms with E-state index in [0.717, 1.165) is 5.56 Å². The van der Waals surface area contributed by atoms with E-state index in [1.54, 1.807) is 35.2 Å². The van der Waals surface area contributed by atoms with Crippen molar-refractivity contribution in [2.45, 2.75) is 26.2 Å². The summed E-state index contributed by atoms with van der Waals surface area (Å²) < 4.78 is 22.0. The first kappa shape index (κ1) is 17.9. The number of oxazole rings is 1. The number of rotatable bonds is 6. The molecule has 4 aromatic rings. The number of carboxylic acids is 1. The molecule has 4 rings (SSSR count). The van der Waals surface area contributed by atoms with Gasteiger partial charge in [0.05, 0.1) is 5.69 Å². The number of hydrogen-bond acceptors (Lipinski definition) is 4. The molecule has 2 aromatic heterocycles. The van der Waals surface area contributed by atoms with Crippen molar-refractivity contribution < 1.29 is 18.7 Å². The maximum Gasteiger partial charge on any atom is 0.307 e.